The molecule has 0 radical (unpaired) electrons. The van der Waals surface area contributed by atoms with Crippen LogP contribution in [0.4, 0.5) is 5.82 Å². The van der Waals surface area contributed by atoms with E-state index in [1.54, 1.807) is 0 Å². The normalized spacial score (nSPS) is 13.1. The minimum atomic E-state index is 0.344. The molecule has 0 atom stereocenters. The van der Waals surface area contributed by atoms with Gasteiger partial charge in [-0.15, -0.1) is 0 Å². The Morgan fingerprint density at radius 1 is 1.00 bits per heavy atom. The summed E-state index contributed by atoms with van der Waals surface area (Å²) >= 11 is 0. The lowest BCUT2D eigenvalue weighted by molar-refractivity contribution is 0.708. The maximum Gasteiger partial charge on any atom is 0.127 e. The zero-order valence-electron chi connectivity index (χ0n) is 13.4. The molecule has 0 fully saturated rings. The number of rotatable bonds is 4. The van der Waals surface area contributed by atoms with E-state index < -0.39 is 0 Å². The topological polar surface area (TPSA) is 29.9 Å². The molecular formula is C20H21N3. The highest BCUT2D eigenvalue weighted by molar-refractivity contribution is 5.53. The SMILES string of the molecule is Cn1nc(CC(c2ccccc2)c2ccccc2)c2c1NCC2. The van der Waals surface area contributed by atoms with E-state index in [0.717, 1.165) is 19.4 Å². The molecule has 4 rings (SSSR count). The Kier molecular flexibility index (Phi) is 3.62. The summed E-state index contributed by atoms with van der Waals surface area (Å²) in [5.74, 6) is 1.54. The van der Waals surface area contributed by atoms with Gasteiger partial charge in [-0.1, -0.05) is 60.7 Å². The summed E-state index contributed by atoms with van der Waals surface area (Å²) in [7, 11) is 2.03. The molecule has 1 aliphatic heterocycles. The molecule has 2 aromatic carbocycles. The number of nitrogens with zero attached hydrogens (tertiary/aromatic N) is 2. The average molecular weight is 303 g/mol. The molecule has 3 aromatic rings. The van der Waals surface area contributed by atoms with Crippen molar-refractivity contribution >= 4 is 5.82 Å². The van der Waals surface area contributed by atoms with Crippen LogP contribution in [0.3, 0.4) is 0 Å². The Hall–Kier alpha value is -2.55. The molecule has 1 aliphatic rings. The third kappa shape index (κ3) is 2.63. The number of nitrogens with one attached hydrogen (secondary N) is 1. The number of aromatic nitrogens is 2. The van der Waals surface area contributed by atoms with Crippen LogP contribution in [0.25, 0.3) is 0 Å². The summed E-state index contributed by atoms with van der Waals surface area (Å²) in [5, 5.41) is 8.22. The Bertz CT molecular complexity index is 751. The maximum absolute atomic E-state index is 4.78. The Morgan fingerprint density at radius 3 is 2.22 bits per heavy atom. The van der Waals surface area contributed by atoms with Gasteiger partial charge in [-0.2, -0.15) is 5.10 Å². The highest BCUT2D eigenvalue weighted by Gasteiger charge is 2.24. The summed E-state index contributed by atoms with van der Waals surface area (Å²) in [6.45, 7) is 1.02. The summed E-state index contributed by atoms with van der Waals surface area (Å²) in [5.41, 5.74) is 5.32. The fourth-order valence-electron chi connectivity index (χ4n) is 3.57. The lowest BCUT2D eigenvalue weighted by Crippen LogP contribution is -2.08. The van der Waals surface area contributed by atoms with Crippen LogP contribution in [0.1, 0.15) is 28.3 Å². The molecule has 0 bridgehead atoms. The second-order valence-corrected chi connectivity index (χ2v) is 6.15. The third-order valence-corrected chi connectivity index (χ3v) is 4.70. The summed E-state index contributed by atoms with van der Waals surface area (Å²) in [6, 6.07) is 21.5. The standard InChI is InChI=1S/C20H21N3/c1-23-20-17(12-13-21-20)19(22-23)14-18(15-8-4-2-5-9-15)16-10-6-3-7-11-16/h2-11,18,21H,12-14H2,1H3. The van der Waals surface area contributed by atoms with Crippen molar-refractivity contribution in [2.24, 2.45) is 7.05 Å². The lowest BCUT2D eigenvalue weighted by Gasteiger charge is -2.17. The molecule has 3 heteroatoms. The first-order valence-corrected chi connectivity index (χ1v) is 8.21. The van der Waals surface area contributed by atoms with Gasteiger partial charge >= 0.3 is 0 Å². The summed E-state index contributed by atoms with van der Waals surface area (Å²) < 4.78 is 1.99. The number of fused-ring (bicyclic) bond motifs is 1. The largest absolute Gasteiger partial charge is 0.370 e. The van der Waals surface area contributed by atoms with Crippen molar-refractivity contribution in [3.05, 3.63) is 83.0 Å². The zero-order valence-corrected chi connectivity index (χ0v) is 13.4. The van der Waals surface area contributed by atoms with Gasteiger partial charge in [0.2, 0.25) is 0 Å². The van der Waals surface area contributed by atoms with E-state index >= 15 is 0 Å². The second kappa shape index (κ2) is 5.92. The van der Waals surface area contributed by atoms with Crippen molar-refractivity contribution in [2.45, 2.75) is 18.8 Å². The minimum absolute atomic E-state index is 0.344. The molecule has 0 saturated heterocycles. The van der Waals surface area contributed by atoms with Gasteiger partial charge in [0.25, 0.3) is 0 Å². The van der Waals surface area contributed by atoms with Crippen LogP contribution >= 0.6 is 0 Å². The van der Waals surface area contributed by atoms with E-state index in [9.17, 15) is 0 Å². The summed E-state index contributed by atoms with van der Waals surface area (Å²) in [4.78, 5) is 0. The van der Waals surface area contributed by atoms with Crippen LogP contribution < -0.4 is 5.32 Å². The Morgan fingerprint density at radius 2 is 1.61 bits per heavy atom. The van der Waals surface area contributed by atoms with E-state index in [-0.39, 0.29) is 0 Å². The van der Waals surface area contributed by atoms with Crippen molar-refractivity contribution in [3.63, 3.8) is 0 Å². The zero-order chi connectivity index (χ0) is 15.6. The molecule has 0 spiro atoms. The van der Waals surface area contributed by atoms with Gasteiger partial charge in [0.1, 0.15) is 5.82 Å². The number of hydrogen-bond donors (Lipinski definition) is 1. The first kappa shape index (κ1) is 14.1. The quantitative estimate of drug-likeness (QED) is 0.795. The monoisotopic (exact) mass is 303 g/mol. The molecule has 116 valence electrons. The molecule has 0 aliphatic carbocycles. The van der Waals surface area contributed by atoms with Crippen molar-refractivity contribution in [1.29, 1.82) is 0 Å². The van der Waals surface area contributed by atoms with Crippen LogP contribution in [0, 0.1) is 0 Å². The van der Waals surface area contributed by atoms with Gasteiger partial charge in [-0.05, 0) is 17.5 Å². The van der Waals surface area contributed by atoms with Gasteiger partial charge in [0.05, 0.1) is 5.69 Å². The van der Waals surface area contributed by atoms with E-state index in [0.29, 0.717) is 5.92 Å². The van der Waals surface area contributed by atoms with Crippen LogP contribution in [0.2, 0.25) is 0 Å². The molecule has 0 amide bonds. The van der Waals surface area contributed by atoms with E-state index in [4.69, 9.17) is 5.10 Å². The van der Waals surface area contributed by atoms with Crippen LogP contribution in [-0.4, -0.2) is 16.3 Å². The van der Waals surface area contributed by atoms with E-state index in [1.165, 1.54) is 28.2 Å². The molecule has 0 unspecified atom stereocenters. The highest BCUT2D eigenvalue weighted by Crippen LogP contribution is 2.32. The lowest BCUT2D eigenvalue weighted by atomic mass is 9.86. The average Bonchev–Trinajstić information content (AvgIpc) is 3.19. The number of anilines is 1. The molecule has 23 heavy (non-hydrogen) atoms. The molecule has 1 aromatic heterocycles. The molecule has 1 N–H and O–H groups in total. The Balaban J connectivity index is 1.74. The van der Waals surface area contributed by atoms with E-state index in [1.807, 2.05) is 11.7 Å². The van der Waals surface area contributed by atoms with Crippen LogP contribution in [-0.2, 0) is 19.9 Å². The van der Waals surface area contributed by atoms with Gasteiger partial charge in [-0.25, -0.2) is 0 Å². The van der Waals surface area contributed by atoms with Crippen molar-refractivity contribution in [2.75, 3.05) is 11.9 Å². The predicted octanol–water partition coefficient (Wildman–Crippen LogP) is 3.76. The molecular weight excluding hydrogens is 282 g/mol. The van der Waals surface area contributed by atoms with Gasteiger partial charge in [0.15, 0.2) is 0 Å². The highest BCUT2D eigenvalue weighted by atomic mass is 15.3. The van der Waals surface area contributed by atoms with Crippen LogP contribution in [0.15, 0.2) is 60.7 Å². The van der Waals surface area contributed by atoms with Gasteiger partial charge in [-0.3, -0.25) is 4.68 Å². The maximum atomic E-state index is 4.78. The smallest absolute Gasteiger partial charge is 0.127 e. The number of benzene rings is 2. The molecule has 3 nitrogen and oxygen atoms in total. The van der Waals surface area contributed by atoms with Crippen molar-refractivity contribution < 1.29 is 0 Å². The Labute approximate surface area is 137 Å². The number of hydrogen-bond acceptors (Lipinski definition) is 2. The van der Waals surface area contributed by atoms with Gasteiger partial charge in [0, 0.05) is 31.5 Å². The fourth-order valence-corrected chi connectivity index (χ4v) is 3.57. The first-order chi connectivity index (χ1) is 11.3. The van der Waals surface area contributed by atoms with Crippen molar-refractivity contribution in [3.8, 4) is 0 Å². The minimum Gasteiger partial charge on any atom is -0.370 e. The first-order valence-electron chi connectivity index (χ1n) is 8.21. The fraction of sp³-hybridized carbons (Fsp3) is 0.250. The van der Waals surface area contributed by atoms with E-state index in [2.05, 4.69) is 66.0 Å². The van der Waals surface area contributed by atoms with Crippen molar-refractivity contribution in [1.82, 2.24) is 9.78 Å². The third-order valence-electron chi connectivity index (χ3n) is 4.70. The van der Waals surface area contributed by atoms with Gasteiger partial charge < -0.3 is 5.32 Å². The molecule has 0 saturated carbocycles. The van der Waals surface area contributed by atoms with Crippen LogP contribution in [0.5, 0.6) is 0 Å². The molecule has 2 heterocycles. The predicted molar refractivity (Wildman–Crippen MR) is 93.8 cm³/mol. The number of aryl methyl sites for hydroxylation is 1. The second-order valence-electron chi connectivity index (χ2n) is 6.15. The summed E-state index contributed by atoms with van der Waals surface area (Å²) in [6.07, 6.45) is 2.02.